The molecule has 1 amide bonds. The van der Waals surface area contributed by atoms with E-state index in [0.29, 0.717) is 0 Å². The number of carbonyl (C=O) groups excluding carboxylic acids is 1. The van der Waals surface area contributed by atoms with Crippen LogP contribution in [0.4, 0.5) is 10.1 Å². The predicted octanol–water partition coefficient (Wildman–Crippen LogP) is 0.278. The average molecular weight is 272 g/mol. The number of hydrogen-bond donors (Lipinski definition) is 1. The van der Waals surface area contributed by atoms with Crippen LogP contribution in [-0.4, -0.2) is 43.8 Å². The largest absolute Gasteiger partial charge is 0.396 e. The number of halogens is 1. The molecule has 2 N–H and O–H groups in total. The Hall–Kier alpha value is -1.63. The summed E-state index contributed by atoms with van der Waals surface area (Å²) in [4.78, 5) is 13.4. The van der Waals surface area contributed by atoms with Crippen molar-refractivity contribution >= 4 is 21.4 Å². The van der Waals surface area contributed by atoms with E-state index >= 15 is 0 Å². The summed E-state index contributed by atoms with van der Waals surface area (Å²) in [5.74, 6) is -1.20. The Morgan fingerprint density at radius 1 is 1.28 bits per heavy atom. The molecule has 0 saturated carbocycles. The van der Waals surface area contributed by atoms with Gasteiger partial charge < -0.3 is 10.6 Å². The first-order valence-corrected chi connectivity index (χ1v) is 7.26. The molecule has 1 aliphatic rings. The lowest BCUT2D eigenvalue weighted by molar-refractivity contribution is 0.0771. The molecule has 1 saturated heterocycles. The van der Waals surface area contributed by atoms with Gasteiger partial charge in [-0.05, 0) is 12.1 Å². The molecule has 0 spiro atoms. The SMILES string of the molecule is Nc1c(F)cccc1C(=O)N1CCS(=O)(=O)CC1. The van der Waals surface area contributed by atoms with Gasteiger partial charge in [-0.1, -0.05) is 6.07 Å². The van der Waals surface area contributed by atoms with Crippen LogP contribution >= 0.6 is 0 Å². The van der Waals surface area contributed by atoms with Crippen molar-refractivity contribution in [2.45, 2.75) is 0 Å². The van der Waals surface area contributed by atoms with Crippen molar-refractivity contribution in [2.24, 2.45) is 0 Å². The number of nitrogens with two attached hydrogens (primary N) is 1. The standard InChI is InChI=1S/C11H13FN2O3S/c12-9-3-1-2-8(10(9)13)11(15)14-4-6-18(16,17)7-5-14/h1-3H,4-7,13H2. The molecule has 1 aromatic carbocycles. The molecule has 0 unspecified atom stereocenters. The Morgan fingerprint density at radius 2 is 1.89 bits per heavy atom. The summed E-state index contributed by atoms with van der Waals surface area (Å²) >= 11 is 0. The van der Waals surface area contributed by atoms with E-state index in [1.165, 1.54) is 23.1 Å². The van der Waals surface area contributed by atoms with Gasteiger partial charge in [-0.25, -0.2) is 12.8 Å². The number of amides is 1. The minimum absolute atomic E-state index is 0.0615. The lowest BCUT2D eigenvalue weighted by Gasteiger charge is -2.27. The van der Waals surface area contributed by atoms with Crippen LogP contribution in [0.3, 0.4) is 0 Å². The highest BCUT2D eigenvalue weighted by molar-refractivity contribution is 7.91. The molecule has 0 bridgehead atoms. The molecule has 98 valence electrons. The van der Waals surface area contributed by atoms with Gasteiger partial charge in [0.05, 0.1) is 22.8 Å². The Labute approximate surface area is 104 Å². The minimum Gasteiger partial charge on any atom is -0.396 e. The Balaban J connectivity index is 2.20. The highest BCUT2D eigenvalue weighted by Gasteiger charge is 2.27. The number of anilines is 1. The monoisotopic (exact) mass is 272 g/mol. The molecule has 0 aromatic heterocycles. The first kappa shape index (κ1) is 12.8. The summed E-state index contributed by atoms with van der Waals surface area (Å²) in [6, 6.07) is 4.01. The maximum atomic E-state index is 13.2. The van der Waals surface area contributed by atoms with Gasteiger partial charge in [0.15, 0.2) is 9.84 Å². The first-order valence-electron chi connectivity index (χ1n) is 5.44. The number of rotatable bonds is 1. The van der Waals surface area contributed by atoms with Gasteiger partial charge in [-0.3, -0.25) is 4.79 Å². The van der Waals surface area contributed by atoms with Crippen LogP contribution in [0.5, 0.6) is 0 Å². The fourth-order valence-corrected chi connectivity index (χ4v) is 3.01. The summed E-state index contributed by atoms with van der Waals surface area (Å²) in [6.07, 6.45) is 0. The van der Waals surface area contributed by atoms with Gasteiger partial charge >= 0.3 is 0 Å². The van der Waals surface area contributed by atoms with E-state index in [4.69, 9.17) is 5.73 Å². The zero-order chi connectivity index (χ0) is 13.3. The van der Waals surface area contributed by atoms with Crippen LogP contribution in [0.25, 0.3) is 0 Å². The molecule has 18 heavy (non-hydrogen) atoms. The van der Waals surface area contributed by atoms with Crippen LogP contribution in [0.2, 0.25) is 0 Å². The van der Waals surface area contributed by atoms with Crippen LogP contribution in [0, 0.1) is 5.82 Å². The quantitative estimate of drug-likeness (QED) is 0.745. The molecule has 1 heterocycles. The fourth-order valence-electron chi connectivity index (χ4n) is 1.81. The van der Waals surface area contributed by atoms with Crippen molar-refractivity contribution in [2.75, 3.05) is 30.3 Å². The first-order chi connectivity index (χ1) is 8.41. The topological polar surface area (TPSA) is 80.5 Å². The average Bonchev–Trinajstić information content (AvgIpc) is 2.32. The molecule has 1 aromatic rings. The van der Waals surface area contributed by atoms with E-state index < -0.39 is 21.6 Å². The fraction of sp³-hybridized carbons (Fsp3) is 0.364. The number of nitrogen functional groups attached to an aromatic ring is 1. The summed E-state index contributed by atoms with van der Waals surface area (Å²) in [6.45, 7) is 0.244. The maximum absolute atomic E-state index is 13.2. The number of para-hydroxylation sites is 1. The van der Waals surface area contributed by atoms with Gasteiger partial charge in [0.2, 0.25) is 0 Å². The molecule has 2 rings (SSSR count). The second-order valence-electron chi connectivity index (χ2n) is 4.15. The van der Waals surface area contributed by atoms with Crippen LogP contribution in [-0.2, 0) is 9.84 Å². The number of hydrogen-bond acceptors (Lipinski definition) is 4. The smallest absolute Gasteiger partial charge is 0.256 e. The van der Waals surface area contributed by atoms with Crippen molar-refractivity contribution in [1.29, 1.82) is 0 Å². The normalized spacial score (nSPS) is 18.6. The van der Waals surface area contributed by atoms with Gasteiger partial charge in [0.1, 0.15) is 5.82 Å². The number of nitrogens with zero attached hydrogens (tertiary/aromatic N) is 1. The van der Waals surface area contributed by atoms with Gasteiger partial charge in [-0.15, -0.1) is 0 Å². The van der Waals surface area contributed by atoms with E-state index in [1.54, 1.807) is 0 Å². The van der Waals surface area contributed by atoms with Gasteiger partial charge in [-0.2, -0.15) is 0 Å². The molecule has 0 aliphatic carbocycles. The predicted molar refractivity (Wildman–Crippen MR) is 65.4 cm³/mol. The lowest BCUT2D eigenvalue weighted by Crippen LogP contribution is -2.43. The highest BCUT2D eigenvalue weighted by Crippen LogP contribution is 2.18. The third kappa shape index (κ3) is 2.45. The summed E-state index contributed by atoms with van der Waals surface area (Å²) in [7, 11) is -3.05. The van der Waals surface area contributed by atoms with Crippen molar-refractivity contribution in [1.82, 2.24) is 4.90 Å². The zero-order valence-electron chi connectivity index (χ0n) is 9.60. The third-order valence-corrected chi connectivity index (χ3v) is 4.52. The van der Waals surface area contributed by atoms with Gasteiger partial charge in [0.25, 0.3) is 5.91 Å². The molecule has 1 aliphatic heterocycles. The second kappa shape index (κ2) is 4.56. The van der Waals surface area contributed by atoms with E-state index in [0.717, 1.165) is 0 Å². The van der Waals surface area contributed by atoms with Crippen molar-refractivity contribution < 1.29 is 17.6 Å². The van der Waals surface area contributed by atoms with E-state index in [9.17, 15) is 17.6 Å². The van der Waals surface area contributed by atoms with Crippen LogP contribution < -0.4 is 5.73 Å². The third-order valence-electron chi connectivity index (χ3n) is 2.91. The Kier molecular flexibility index (Phi) is 3.25. The van der Waals surface area contributed by atoms with Crippen LogP contribution in [0.1, 0.15) is 10.4 Å². The number of benzene rings is 1. The molecular formula is C11H13FN2O3S. The minimum atomic E-state index is -3.05. The summed E-state index contributed by atoms with van der Waals surface area (Å²) < 4.78 is 35.7. The molecule has 1 fully saturated rings. The summed E-state index contributed by atoms with van der Waals surface area (Å²) in [5.41, 5.74) is 5.38. The van der Waals surface area contributed by atoms with Crippen molar-refractivity contribution in [3.63, 3.8) is 0 Å². The van der Waals surface area contributed by atoms with E-state index in [1.807, 2.05) is 0 Å². The summed E-state index contributed by atoms with van der Waals surface area (Å²) in [5, 5.41) is 0. The van der Waals surface area contributed by atoms with E-state index in [2.05, 4.69) is 0 Å². The molecule has 5 nitrogen and oxygen atoms in total. The zero-order valence-corrected chi connectivity index (χ0v) is 10.4. The molecular weight excluding hydrogens is 259 g/mol. The molecule has 7 heteroatoms. The van der Waals surface area contributed by atoms with Gasteiger partial charge in [0, 0.05) is 13.1 Å². The van der Waals surface area contributed by atoms with Crippen molar-refractivity contribution in [3.05, 3.63) is 29.6 Å². The maximum Gasteiger partial charge on any atom is 0.256 e. The van der Waals surface area contributed by atoms with Crippen LogP contribution in [0.15, 0.2) is 18.2 Å². The Morgan fingerprint density at radius 3 is 2.50 bits per heavy atom. The van der Waals surface area contributed by atoms with E-state index in [-0.39, 0.29) is 35.8 Å². The number of carbonyl (C=O) groups is 1. The lowest BCUT2D eigenvalue weighted by atomic mass is 10.1. The number of sulfone groups is 1. The molecule has 0 radical (unpaired) electrons. The second-order valence-corrected chi connectivity index (χ2v) is 6.45. The van der Waals surface area contributed by atoms with Crippen molar-refractivity contribution in [3.8, 4) is 0 Å². The molecule has 0 atom stereocenters. The highest BCUT2D eigenvalue weighted by atomic mass is 32.2. The Bertz CT molecular complexity index is 572.